The largest absolute Gasteiger partial charge is 0.470 e. The molecular weight excluding hydrogens is 286 g/mol. The molecule has 4 nitrogen and oxygen atoms in total. The number of fused-ring (bicyclic) bond motifs is 1. The van der Waals surface area contributed by atoms with Gasteiger partial charge in [0.25, 0.3) is 5.88 Å². The molecule has 0 amide bonds. The Labute approximate surface area is 136 Å². The van der Waals surface area contributed by atoms with E-state index < -0.39 is 0 Å². The van der Waals surface area contributed by atoms with Gasteiger partial charge in [0.1, 0.15) is 12.1 Å². The summed E-state index contributed by atoms with van der Waals surface area (Å²) in [6.45, 7) is 5.91. The number of ether oxygens (including phenoxy) is 1. The first-order chi connectivity index (χ1) is 11.2. The molecule has 2 heterocycles. The summed E-state index contributed by atoms with van der Waals surface area (Å²) < 4.78 is 8.39. The molecule has 23 heavy (non-hydrogen) atoms. The van der Waals surface area contributed by atoms with Crippen LogP contribution in [0.15, 0.2) is 36.5 Å². The fraction of sp³-hybridized carbons (Fsp3) is 0.368. The molecule has 0 bridgehead atoms. The van der Waals surface area contributed by atoms with Crippen molar-refractivity contribution in [3.05, 3.63) is 53.3 Å². The van der Waals surface area contributed by atoms with Crippen molar-refractivity contribution in [3.8, 4) is 5.88 Å². The van der Waals surface area contributed by atoms with Gasteiger partial charge < -0.3 is 9.30 Å². The maximum absolute atomic E-state index is 6.02. The normalized spacial score (nSPS) is 14.3. The highest BCUT2D eigenvalue weighted by molar-refractivity contribution is 5.88. The Kier molecular flexibility index (Phi) is 3.52. The third kappa shape index (κ3) is 2.69. The molecule has 0 aliphatic heterocycles. The molecule has 0 spiro atoms. The molecular formula is C19H21N3O. The second-order valence-corrected chi connectivity index (χ2v) is 6.45. The Hall–Kier alpha value is -2.36. The van der Waals surface area contributed by atoms with Crippen molar-refractivity contribution in [3.63, 3.8) is 0 Å². The Morgan fingerprint density at radius 1 is 1.17 bits per heavy atom. The molecule has 0 N–H and O–H groups in total. The van der Waals surface area contributed by atoms with Crippen molar-refractivity contribution in [2.75, 3.05) is 0 Å². The molecule has 4 rings (SSSR count). The average Bonchev–Trinajstić information content (AvgIpc) is 3.37. The van der Waals surface area contributed by atoms with Gasteiger partial charge in [-0.3, -0.25) is 0 Å². The molecule has 0 saturated heterocycles. The van der Waals surface area contributed by atoms with Crippen LogP contribution in [-0.4, -0.2) is 14.8 Å². The molecule has 118 valence electrons. The number of rotatable bonds is 5. The van der Waals surface area contributed by atoms with E-state index in [0.29, 0.717) is 12.5 Å². The molecule has 0 radical (unpaired) electrons. The van der Waals surface area contributed by atoms with Crippen LogP contribution in [0.2, 0.25) is 0 Å². The number of hydrogen-bond donors (Lipinski definition) is 0. The number of aryl methyl sites for hydroxylation is 1. The van der Waals surface area contributed by atoms with Gasteiger partial charge in [-0.15, -0.1) is 5.10 Å². The molecule has 1 aromatic carbocycles. The fourth-order valence-electron chi connectivity index (χ4n) is 3.07. The van der Waals surface area contributed by atoms with E-state index in [1.165, 1.54) is 24.1 Å². The Morgan fingerprint density at radius 3 is 2.70 bits per heavy atom. The summed E-state index contributed by atoms with van der Waals surface area (Å²) in [5.41, 5.74) is 4.81. The molecule has 2 aromatic heterocycles. The van der Waals surface area contributed by atoms with E-state index in [1.54, 1.807) is 0 Å². The van der Waals surface area contributed by atoms with E-state index in [2.05, 4.69) is 40.7 Å². The lowest BCUT2D eigenvalue weighted by atomic mass is 10.2. The van der Waals surface area contributed by atoms with Gasteiger partial charge in [0, 0.05) is 17.6 Å². The van der Waals surface area contributed by atoms with E-state index >= 15 is 0 Å². The first-order valence-corrected chi connectivity index (χ1v) is 8.22. The van der Waals surface area contributed by atoms with Crippen molar-refractivity contribution < 1.29 is 4.74 Å². The van der Waals surface area contributed by atoms with Crippen molar-refractivity contribution >= 4 is 10.9 Å². The van der Waals surface area contributed by atoms with Gasteiger partial charge in [0.2, 0.25) is 0 Å². The summed E-state index contributed by atoms with van der Waals surface area (Å²) in [6, 6.07) is 10.2. The number of nitrogens with zero attached hydrogens (tertiary/aromatic N) is 3. The minimum absolute atomic E-state index is 0.515. The topological polar surface area (TPSA) is 39.9 Å². The molecule has 3 aromatic rings. The molecule has 1 saturated carbocycles. The quantitative estimate of drug-likeness (QED) is 0.714. The van der Waals surface area contributed by atoms with Gasteiger partial charge in [-0.25, -0.2) is 0 Å². The second kappa shape index (κ2) is 5.69. The summed E-state index contributed by atoms with van der Waals surface area (Å²) in [4.78, 5) is 0. The SMILES string of the molecule is Cc1c(C)n(CC2CC2)c2c(OCc3ccccc3)nncc12. The van der Waals surface area contributed by atoms with E-state index in [0.717, 1.165) is 28.9 Å². The maximum Gasteiger partial charge on any atom is 0.258 e. The minimum Gasteiger partial charge on any atom is -0.470 e. The summed E-state index contributed by atoms with van der Waals surface area (Å²) in [5, 5.41) is 9.57. The summed E-state index contributed by atoms with van der Waals surface area (Å²) in [7, 11) is 0. The van der Waals surface area contributed by atoms with Gasteiger partial charge >= 0.3 is 0 Å². The van der Waals surface area contributed by atoms with Crippen LogP contribution in [0.25, 0.3) is 10.9 Å². The smallest absolute Gasteiger partial charge is 0.258 e. The monoisotopic (exact) mass is 307 g/mol. The highest BCUT2D eigenvalue weighted by Gasteiger charge is 2.25. The molecule has 1 aliphatic carbocycles. The van der Waals surface area contributed by atoms with Crippen LogP contribution in [0.1, 0.15) is 29.7 Å². The van der Waals surface area contributed by atoms with Crippen molar-refractivity contribution in [1.29, 1.82) is 0 Å². The zero-order valence-electron chi connectivity index (χ0n) is 13.6. The lowest BCUT2D eigenvalue weighted by Gasteiger charge is -2.11. The van der Waals surface area contributed by atoms with Crippen LogP contribution in [0.4, 0.5) is 0 Å². The molecule has 0 atom stereocenters. The summed E-state index contributed by atoms with van der Waals surface area (Å²) in [6.07, 6.45) is 4.52. The number of aromatic nitrogens is 3. The average molecular weight is 307 g/mol. The first-order valence-electron chi connectivity index (χ1n) is 8.22. The van der Waals surface area contributed by atoms with Crippen LogP contribution >= 0.6 is 0 Å². The highest BCUT2D eigenvalue weighted by atomic mass is 16.5. The fourth-order valence-corrected chi connectivity index (χ4v) is 3.07. The lowest BCUT2D eigenvalue weighted by molar-refractivity contribution is 0.293. The zero-order valence-corrected chi connectivity index (χ0v) is 13.6. The third-order valence-corrected chi connectivity index (χ3v) is 4.77. The van der Waals surface area contributed by atoms with E-state index in [4.69, 9.17) is 4.74 Å². The zero-order chi connectivity index (χ0) is 15.8. The molecule has 0 unspecified atom stereocenters. The predicted octanol–water partition coefficient (Wildman–Crippen LogP) is 4.04. The second-order valence-electron chi connectivity index (χ2n) is 6.45. The minimum atomic E-state index is 0.515. The van der Waals surface area contributed by atoms with Gasteiger partial charge in [0.05, 0.1) is 6.20 Å². The van der Waals surface area contributed by atoms with Crippen molar-refractivity contribution in [2.45, 2.75) is 39.8 Å². The maximum atomic E-state index is 6.02. The lowest BCUT2D eigenvalue weighted by Crippen LogP contribution is -2.05. The summed E-state index contributed by atoms with van der Waals surface area (Å²) >= 11 is 0. The highest BCUT2D eigenvalue weighted by Crippen LogP contribution is 2.36. The third-order valence-electron chi connectivity index (χ3n) is 4.77. The van der Waals surface area contributed by atoms with Gasteiger partial charge in [-0.1, -0.05) is 30.3 Å². The Balaban J connectivity index is 1.72. The molecule has 4 heteroatoms. The standard InChI is InChI=1S/C19H21N3O/c1-13-14(2)22(11-15-8-9-15)18-17(13)10-20-21-19(18)23-12-16-6-4-3-5-7-16/h3-7,10,15H,8-9,11-12H2,1-2H3. The van der Waals surface area contributed by atoms with Gasteiger partial charge in [-0.2, -0.15) is 5.10 Å². The van der Waals surface area contributed by atoms with E-state index in [9.17, 15) is 0 Å². The van der Waals surface area contributed by atoms with Crippen LogP contribution < -0.4 is 4.74 Å². The van der Waals surface area contributed by atoms with Crippen LogP contribution in [0.3, 0.4) is 0 Å². The Morgan fingerprint density at radius 2 is 1.96 bits per heavy atom. The summed E-state index contributed by atoms with van der Waals surface area (Å²) in [5.74, 6) is 1.45. The molecule has 1 fully saturated rings. The van der Waals surface area contributed by atoms with Crippen LogP contribution in [0, 0.1) is 19.8 Å². The first kappa shape index (κ1) is 14.2. The van der Waals surface area contributed by atoms with Crippen molar-refractivity contribution in [1.82, 2.24) is 14.8 Å². The Bertz CT molecular complexity index is 835. The van der Waals surface area contributed by atoms with E-state index in [1.807, 2.05) is 24.4 Å². The van der Waals surface area contributed by atoms with Gasteiger partial charge in [0.15, 0.2) is 0 Å². The number of hydrogen-bond acceptors (Lipinski definition) is 3. The van der Waals surface area contributed by atoms with Crippen LogP contribution in [0.5, 0.6) is 5.88 Å². The predicted molar refractivity (Wildman–Crippen MR) is 90.5 cm³/mol. The molecule has 1 aliphatic rings. The van der Waals surface area contributed by atoms with Crippen LogP contribution in [-0.2, 0) is 13.2 Å². The number of benzene rings is 1. The van der Waals surface area contributed by atoms with Gasteiger partial charge in [-0.05, 0) is 43.7 Å². The van der Waals surface area contributed by atoms with E-state index in [-0.39, 0.29) is 0 Å². The van der Waals surface area contributed by atoms with Crippen molar-refractivity contribution in [2.24, 2.45) is 5.92 Å².